The number of ether oxygens (including phenoxy) is 10. The van der Waals surface area contributed by atoms with Crippen molar-refractivity contribution in [2.24, 2.45) is 0 Å². The number of allylic oxidation sites excluding steroid dienone is 1. The minimum absolute atomic E-state index is 0.202. The first-order chi connectivity index (χ1) is 47.8. The maximum Gasteiger partial charge on any atom is 0.220 e. The molecule has 5 aliphatic rings. The third kappa shape index (κ3) is 28.4. The van der Waals surface area contributed by atoms with Crippen LogP contribution in [-0.4, -0.2) is 298 Å². The molecule has 29 nitrogen and oxygen atoms in total. The van der Waals surface area contributed by atoms with Crippen LogP contribution in [0.2, 0.25) is 0 Å². The van der Waals surface area contributed by atoms with Crippen molar-refractivity contribution in [3.63, 3.8) is 0 Å². The Morgan fingerprint density at radius 1 is 0.354 bits per heavy atom. The van der Waals surface area contributed by atoms with Gasteiger partial charge in [-0.3, -0.25) is 4.79 Å². The van der Waals surface area contributed by atoms with Gasteiger partial charge in [0.2, 0.25) is 5.91 Å². The molecule has 18 N–H and O–H groups in total. The number of aliphatic hydroxyl groups excluding tert-OH is 17. The van der Waals surface area contributed by atoms with Crippen LogP contribution in [0.3, 0.4) is 0 Å². The van der Waals surface area contributed by atoms with Gasteiger partial charge in [-0.25, -0.2) is 0 Å². The highest BCUT2D eigenvalue weighted by Crippen LogP contribution is 2.36. The van der Waals surface area contributed by atoms with Gasteiger partial charge < -0.3 is 139 Å². The summed E-state index contributed by atoms with van der Waals surface area (Å²) in [7, 11) is 0. The molecule has 10 unspecified atom stereocenters. The lowest BCUT2D eigenvalue weighted by Crippen LogP contribution is -2.68. The van der Waals surface area contributed by atoms with Gasteiger partial charge in [0.15, 0.2) is 31.5 Å². The van der Waals surface area contributed by atoms with Gasteiger partial charge in [0.1, 0.15) is 122 Å². The van der Waals surface area contributed by atoms with Crippen LogP contribution in [0.15, 0.2) is 12.2 Å². The van der Waals surface area contributed by atoms with Gasteiger partial charge in [-0.15, -0.1) is 0 Å². The number of unbranched alkanes of at least 4 members (excludes halogenated alkanes) is 29. The van der Waals surface area contributed by atoms with E-state index < -0.39 is 205 Å². The summed E-state index contributed by atoms with van der Waals surface area (Å²) < 4.78 is 57.4. The standard InChI is InChI=1S/C70H129NO28/c1-3-5-7-9-11-13-15-17-18-19-20-21-22-24-26-28-30-32-34-36-50(78)71-43(44(77)35-33-31-29-27-25-23-16-14-12-10-8-6-4-2)42-90-66-58(86)55(83)62(48(40-75)94-66)96-68-59(87)56(84)63(49(41-76)95-68)97-69-60(88)65(53(81)46(38-73)92-69)99-70-61(89)64(52(80)47(39-74)93-70)98-67-57(85)54(82)51(79)45(37-72)91-67/h33,35,43-49,51-70,72-77,79-89H,3-32,34,36-42H2,1-2H3,(H,71,78)/b35-33+/t43-,44+,45?,46?,47?,48?,49?,51-,52-,53-,54-,55+,56+,57?,58?,59?,60?,61?,62+,63-,64-,65-,66+,67+,68-,69-,70+/m0/s1. The molecule has 29 heteroatoms. The van der Waals surface area contributed by atoms with Gasteiger partial charge in [-0.05, 0) is 19.3 Å². The zero-order valence-corrected chi connectivity index (χ0v) is 58.7. The summed E-state index contributed by atoms with van der Waals surface area (Å²) in [6.45, 7) is -0.644. The molecule has 5 fully saturated rings. The van der Waals surface area contributed by atoms with Crippen LogP contribution in [0.4, 0.5) is 0 Å². The molecule has 0 aromatic carbocycles. The summed E-state index contributed by atoms with van der Waals surface area (Å²) in [5, 5.41) is 188. The van der Waals surface area contributed by atoms with Crippen molar-refractivity contribution in [2.45, 2.75) is 385 Å². The number of amides is 1. The third-order valence-electron chi connectivity index (χ3n) is 19.8. The van der Waals surface area contributed by atoms with Crippen LogP contribution >= 0.6 is 0 Å². The zero-order valence-electron chi connectivity index (χ0n) is 58.7. The minimum Gasteiger partial charge on any atom is -0.394 e. The van der Waals surface area contributed by atoms with E-state index in [9.17, 15) is 91.6 Å². The van der Waals surface area contributed by atoms with E-state index in [2.05, 4.69) is 19.2 Å². The summed E-state index contributed by atoms with van der Waals surface area (Å²) in [6.07, 6.45) is -7.94. The molecule has 0 aromatic heterocycles. The Hall–Kier alpha value is -1.87. The second-order valence-corrected chi connectivity index (χ2v) is 27.8. The van der Waals surface area contributed by atoms with E-state index in [0.29, 0.717) is 12.8 Å². The molecule has 0 saturated carbocycles. The predicted molar refractivity (Wildman–Crippen MR) is 356 cm³/mol. The fraction of sp³-hybridized carbons (Fsp3) is 0.957. The second-order valence-electron chi connectivity index (χ2n) is 27.8. The summed E-state index contributed by atoms with van der Waals surface area (Å²) in [5.41, 5.74) is 0. The van der Waals surface area contributed by atoms with Crippen LogP contribution < -0.4 is 5.32 Å². The summed E-state index contributed by atoms with van der Waals surface area (Å²) >= 11 is 0. The van der Waals surface area contributed by atoms with Crippen molar-refractivity contribution in [1.29, 1.82) is 0 Å². The van der Waals surface area contributed by atoms with E-state index in [-0.39, 0.29) is 12.3 Å². The van der Waals surface area contributed by atoms with Crippen LogP contribution in [-0.2, 0) is 52.2 Å². The van der Waals surface area contributed by atoms with Crippen molar-refractivity contribution in [2.75, 3.05) is 39.6 Å². The third-order valence-corrected chi connectivity index (χ3v) is 19.8. The van der Waals surface area contributed by atoms with Crippen LogP contribution in [0.5, 0.6) is 0 Å². The van der Waals surface area contributed by atoms with Gasteiger partial charge in [0.05, 0.1) is 51.8 Å². The normalized spacial score (nSPS) is 36.0. The first kappa shape index (κ1) is 87.8. The number of nitrogens with one attached hydrogen (secondary N) is 1. The molecule has 0 aliphatic carbocycles. The Bertz CT molecular complexity index is 2090. The minimum atomic E-state index is -2.18. The molecular weight excluding hydrogens is 1300 g/mol. The average Bonchev–Trinajstić information content (AvgIpc) is 0.781. The quantitative estimate of drug-likeness (QED) is 0.0299. The average molecular weight is 1430 g/mol. The van der Waals surface area contributed by atoms with Gasteiger partial charge in [-0.1, -0.05) is 206 Å². The topological polar surface area (TPSA) is 465 Å². The lowest BCUT2D eigenvalue weighted by atomic mass is 9.95. The molecule has 0 aromatic rings. The smallest absolute Gasteiger partial charge is 0.220 e. The highest BCUT2D eigenvalue weighted by Gasteiger charge is 2.57. The van der Waals surface area contributed by atoms with E-state index in [4.69, 9.17) is 47.4 Å². The molecule has 582 valence electrons. The Labute approximate surface area is 585 Å². The van der Waals surface area contributed by atoms with Crippen molar-refractivity contribution in [3.05, 3.63) is 12.2 Å². The number of hydrogen-bond acceptors (Lipinski definition) is 28. The molecular formula is C70H129NO28. The molecule has 5 rings (SSSR count). The van der Waals surface area contributed by atoms with Crippen molar-refractivity contribution in [1.82, 2.24) is 5.32 Å². The maximum atomic E-state index is 13.5. The lowest BCUT2D eigenvalue weighted by Gasteiger charge is -2.49. The van der Waals surface area contributed by atoms with E-state index in [1.165, 1.54) is 141 Å². The highest BCUT2D eigenvalue weighted by atomic mass is 16.8. The second kappa shape index (κ2) is 49.1. The Kier molecular flexibility index (Phi) is 43.5. The van der Waals surface area contributed by atoms with E-state index in [1.807, 2.05) is 6.08 Å². The molecule has 99 heavy (non-hydrogen) atoms. The van der Waals surface area contributed by atoms with Crippen molar-refractivity contribution < 1.29 is 139 Å². The largest absolute Gasteiger partial charge is 0.394 e. The fourth-order valence-electron chi connectivity index (χ4n) is 13.5. The number of rotatable bonds is 51. The number of carbonyl (C=O) groups excluding carboxylic acids is 1. The first-order valence-corrected chi connectivity index (χ1v) is 37.5. The Balaban J connectivity index is 1.14. The van der Waals surface area contributed by atoms with Crippen LogP contribution in [0, 0.1) is 0 Å². The van der Waals surface area contributed by atoms with Gasteiger partial charge >= 0.3 is 0 Å². The SMILES string of the molecule is CCCCCCCCCCCCC/C=C/[C@@H](O)[C@H](CO[C@@H]1OC(CO)[C@@H](O[C@@H]2OC(CO)[C@H](O[C@@H]3OC(CO)[C@H](O)[C@H](O[C@H]4OC(CO)[C@H](O)[C@H](O[C@H]5OC(CO)[C@H](O)[C@H](O)C5O)C4O)C3O)[C@H](O)C2O)[C@H](O)C1O)NC(=O)CCCCCCCCCCCCCCCCCCCCC. The Morgan fingerprint density at radius 2 is 0.657 bits per heavy atom. The van der Waals surface area contributed by atoms with Gasteiger partial charge in [0, 0.05) is 6.42 Å². The van der Waals surface area contributed by atoms with Crippen LogP contribution in [0.25, 0.3) is 0 Å². The highest BCUT2D eigenvalue weighted by molar-refractivity contribution is 5.76. The van der Waals surface area contributed by atoms with Crippen molar-refractivity contribution >= 4 is 5.91 Å². The fourth-order valence-corrected chi connectivity index (χ4v) is 13.5. The molecule has 0 bridgehead atoms. The predicted octanol–water partition coefficient (Wildman–Crippen LogP) is 1.02. The summed E-state index contributed by atoms with van der Waals surface area (Å²) in [5.74, 6) is -0.317. The zero-order chi connectivity index (χ0) is 72.2. The number of carbonyl (C=O) groups is 1. The first-order valence-electron chi connectivity index (χ1n) is 37.5. The molecule has 5 aliphatic heterocycles. The molecule has 27 atom stereocenters. The lowest BCUT2D eigenvalue weighted by molar-refractivity contribution is -0.394. The van der Waals surface area contributed by atoms with Gasteiger partial charge in [0.25, 0.3) is 0 Å². The van der Waals surface area contributed by atoms with Gasteiger partial charge in [-0.2, -0.15) is 0 Å². The molecule has 1 amide bonds. The monoisotopic (exact) mass is 1430 g/mol. The summed E-state index contributed by atoms with van der Waals surface area (Å²) in [6, 6.07) is -1.03. The Morgan fingerprint density at radius 3 is 1.04 bits per heavy atom. The van der Waals surface area contributed by atoms with Crippen molar-refractivity contribution in [3.8, 4) is 0 Å². The molecule has 0 radical (unpaired) electrons. The number of aliphatic hydroxyl groups is 17. The summed E-state index contributed by atoms with van der Waals surface area (Å²) in [4.78, 5) is 13.5. The molecule has 5 heterocycles. The van der Waals surface area contributed by atoms with E-state index in [0.717, 1.165) is 44.9 Å². The molecule has 5 saturated heterocycles. The number of hydrogen-bond donors (Lipinski definition) is 18. The van der Waals surface area contributed by atoms with Crippen LogP contribution in [0.1, 0.15) is 219 Å². The molecule has 0 spiro atoms. The van der Waals surface area contributed by atoms with E-state index >= 15 is 0 Å². The van der Waals surface area contributed by atoms with E-state index in [1.54, 1.807) is 6.08 Å². The maximum absolute atomic E-state index is 13.5.